The summed E-state index contributed by atoms with van der Waals surface area (Å²) in [5.41, 5.74) is 6.37. The van der Waals surface area contributed by atoms with Gasteiger partial charge < -0.3 is 9.47 Å². The molecule has 0 amide bonds. The first kappa shape index (κ1) is 38.4. The Hall–Kier alpha value is -3.52. The topological polar surface area (TPSA) is 18.5 Å². The van der Waals surface area contributed by atoms with Crippen LogP contribution >= 0.6 is 0 Å². The van der Waals surface area contributed by atoms with Crippen molar-refractivity contribution in [2.45, 2.75) is 131 Å². The van der Waals surface area contributed by atoms with E-state index in [1.54, 1.807) is 0 Å². The second kappa shape index (κ2) is 15.8. The minimum absolute atomic E-state index is 0.373. The number of aryl methyl sites for hydroxylation is 2. The van der Waals surface area contributed by atoms with Crippen molar-refractivity contribution in [3.05, 3.63) is 119 Å². The minimum atomic E-state index is 0.373. The Balaban J connectivity index is 1.06. The zero-order valence-electron chi connectivity index (χ0n) is 35.0. The molecule has 0 heterocycles. The van der Waals surface area contributed by atoms with Crippen LogP contribution in [0.5, 0.6) is 23.0 Å². The average Bonchev–Trinajstić information content (AvgIpc) is 3.54. The number of benzene rings is 4. The largest absolute Gasteiger partial charge is 0.457 e. The van der Waals surface area contributed by atoms with Crippen LogP contribution in [0.15, 0.2) is 97.1 Å². The summed E-state index contributed by atoms with van der Waals surface area (Å²) < 4.78 is 12.6. The zero-order valence-corrected chi connectivity index (χ0v) is 35.0. The van der Waals surface area contributed by atoms with E-state index >= 15 is 0 Å². The van der Waals surface area contributed by atoms with Crippen LogP contribution in [0.2, 0.25) is 0 Å². The second-order valence-electron chi connectivity index (χ2n) is 19.7. The van der Waals surface area contributed by atoms with Gasteiger partial charge in [0.05, 0.1) is 0 Å². The maximum absolute atomic E-state index is 6.35. The van der Waals surface area contributed by atoms with Gasteiger partial charge in [0.1, 0.15) is 23.0 Å². The molecule has 0 spiro atoms. The normalized spacial score (nSPS) is 32.0. The molecule has 0 saturated heterocycles. The molecule has 0 radical (unpaired) electrons. The summed E-state index contributed by atoms with van der Waals surface area (Å²) in [6.07, 6.45) is 15.4. The van der Waals surface area contributed by atoms with E-state index in [0.717, 1.165) is 58.5 Å². The lowest BCUT2D eigenvalue weighted by atomic mass is 9.41. The minimum Gasteiger partial charge on any atom is -0.457 e. The van der Waals surface area contributed by atoms with Crippen molar-refractivity contribution in [2.75, 3.05) is 0 Å². The smallest absolute Gasteiger partial charge is 0.127 e. The molecule has 2 nitrogen and oxygen atoms in total. The fourth-order valence-electron chi connectivity index (χ4n) is 13.3. The van der Waals surface area contributed by atoms with Crippen LogP contribution in [0.25, 0.3) is 0 Å². The first-order valence-corrected chi connectivity index (χ1v) is 22.2. The predicted molar refractivity (Wildman–Crippen MR) is 229 cm³/mol. The summed E-state index contributed by atoms with van der Waals surface area (Å²) in [6.45, 7) is 17.2. The van der Waals surface area contributed by atoms with Crippen LogP contribution in [0.3, 0.4) is 0 Å². The first-order chi connectivity index (χ1) is 26.5. The van der Waals surface area contributed by atoms with Gasteiger partial charge in [-0.05, 0) is 189 Å². The molecule has 10 unspecified atom stereocenters. The zero-order chi connectivity index (χ0) is 38.3. The van der Waals surface area contributed by atoms with Crippen molar-refractivity contribution in [2.24, 2.45) is 52.3 Å². The monoisotopic (exact) mass is 737 g/mol. The summed E-state index contributed by atoms with van der Waals surface area (Å²) in [7, 11) is 0. The van der Waals surface area contributed by atoms with E-state index in [1.165, 1.54) is 92.9 Å². The third-order valence-corrected chi connectivity index (χ3v) is 16.1. The molecular formula is C53H68O2. The molecule has 2 heteroatoms. The predicted octanol–water partition coefficient (Wildman–Crippen LogP) is 15.5. The van der Waals surface area contributed by atoms with Gasteiger partial charge in [-0.3, -0.25) is 0 Å². The van der Waals surface area contributed by atoms with Gasteiger partial charge in [-0.25, -0.2) is 0 Å². The van der Waals surface area contributed by atoms with Crippen molar-refractivity contribution in [3.63, 3.8) is 0 Å². The van der Waals surface area contributed by atoms with E-state index in [-0.39, 0.29) is 0 Å². The Morgan fingerprint density at radius 2 is 1.02 bits per heavy atom. The number of ether oxygens (including phenoxy) is 2. The van der Waals surface area contributed by atoms with E-state index in [9.17, 15) is 0 Å². The van der Waals surface area contributed by atoms with E-state index < -0.39 is 0 Å². The van der Waals surface area contributed by atoms with Crippen LogP contribution < -0.4 is 9.47 Å². The van der Waals surface area contributed by atoms with Crippen molar-refractivity contribution < 1.29 is 9.47 Å². The van der Waals surface area contributed by atoms with Crippen molar-refractivity contribution in [1.82, 2.24) is 0 Å². The van der Waals surface area contributed by atoms with Gasteiger partial charge in [-0.1, -0.05) is 114 Å². The maximum Gasteiger partial charge on any atom is 0.127 e. The lowest BCUT2D eigenvalue weighted by Gasteiger charge is -2.63. The molecule has 0 N–H and O–H groups in total. The third-order valence-electron chi connectivity index (χ3n) is 16.1. The molecule has 0 aromatic heterocycles. The highest BCUT2D eigenvalue weighted by molar-refractivity contribution is 5.40. The number of hydrogen-bond donors (Lipinski definition) is 0. The molecule has 8 rings (SSSR count). The number of fused-ring (bicyclic) bond motifs is 5. The Morgan fingerprint density at radius 3 is 1.58 bits per heavy atom. The summed E-state index contributed by atoms with van der Waals surface area (Å²) >= 11 is 0. The highest BCUT2D eigenvalue weighted by atomic mass is 16.5. The molecule has 4 aliphatic carbocycles. The van der Waals surface area contributed by atoms with Gasteiger partial charge in [0.2, 0.25) is 0 Å². The molecular weight excluding hydrogens is 669 g/mol. The maximum atomic E-state index is 6.35. The van der Waals surface area contributed by atoms with Crippen LogP contribution in [-0.4, -0.2) is 0 Å². The Kier molecular flexibility index (Phi) is 11.0. The number of rotatable bonds is 11. The summed E-state index contributed by atoms with van der Waals surface area (Å²) in [5, 5.41) is 0. The molecule has 55 heavy (non-hydrogen) atoms. The van der Waals surface area contributed by atoms with Gasteiger partial charge in [-0.2, -0.15) is 0 Å². The van der Waals surface area contributed by atoms with E-state index in [0.29, 0.717) is 28.6 Å². The van der Waals surface area contributed by atoms with E-state index in [4.69, 9.17) is 9.47 Å². The van der Waals surface area contributed by atoms with Crippen LogP contribution in [0.1, 0.15) is 139 Å². The Labute approximate surface area is 333 Å². The molecule has 4 saturated carbocycles. The average molecular weight is 737 g/mol. The van der Waals surface area contributed by atoms with Gasteiger partial charge in [0.25, 0.3) is 0 Å². The Bertz CT molecular complexity index is 1860. The molecule has 4 aromatic rings. The van der Waals surface area contributed by atoms with Gasteiger partial charge in [-0.15, -0.1) is 0 Å². The molecule has 4 aliphatic rings. The quantitative estimate of drug-likeness (QED) is 0.153. The molecule has 4 fully saturated rings. The third kappa shape index (κ3) is 7.66. The second-order valence-corrected chi connectivity index (χ2v) is 19.7. The molecule has 292 valence electrons. The van der Waals surface area contributed by atoms with Gasteiger partial charge in [0.15, 0.2) is 0 Å². The summed E-state index contributed by atoms with van der Waals surface area (Å²) in [4.78, 5) is 0. The Morgan fingerprint density at radius 1 is 0.527 bits per heavy atom. The van der Waals surface area contributed by atoms with Crippen LogP contribution in [0, 0.1) is 66.1 Å². The summed E-state index contributed by atoms with van der Waals surface area (Å²) in [5.74, 6) is 10.5. The van der Waals surface area contributed by atoms with Crippen molar-refractivity contribution in [3.8, 4) is 23.0 Å². The fraction of sp³-hybridized carbons (Fsp3) is 0.547. The molecule has 0 bridgehead atoms. The van der Waals surface area contributed by atoms with E-state index in [1.807, 2.05) is 0 Å². The van der Waals surface area contributed by atoms with Crippen LogP contribution in [-0.2, 0) is 0 Å². The fourth-order valence-corrected chi connectivity index (χ4v) is 13.3. The lowest BCUT2D eigenvalue weighted by molar-refractivity contribution is -0.123. The van der Waals surface area contributed by atoms with Crippen molar-refractivity contribution >= 4 is 0 Å². The highest BCUT2D eigenvalue weighted by Gasteiger charge is 2.62. The van der Waals surface area contributed by atoms with Crippen LogP contribution in [0.4, 0.5) is 0 Å². The first-order valence-electron chi connectivity index (χ1n) is 22.2. The SMILES string of the molecule is Cc1ccc(Oc2ccc(C3CCC4(C)C5CCC6(C)C(C(C)CCCC(C)C)CCC6C5CCC4C3c3ccc(Oc4ccc(C)cc4)cc3)cc2)cc1. The van der Waals surface area contributed by atoms with Crippen molar-refractivity contribution in [1.29, 1.82) is 0 Å². The summed E-state index contributed by atoms with van der Waals surface area (Å²) in [6, 6.07) is 35.2. The van der Waals surface area contributed by atoms with E-state index in [2.05, 4.69) is 146 Å². The molecule has 10 atom stereocenters. The van der Waals surface area contributed by atoms with Gasteiger partial charge >= 0.3 is 0 Å². The molecule has 4 aromatic carbocycles. The molecule has 0 aliphatic heterocycles. The standard InChI is InChI=1S/C53H68O2/c1-35(2)9-8-10-38(5)47-29-30-48-46-27-28-50-51(40-17-25-44(26-18-40)55-42-21-13-37(4)14-22-42)45(31-33-53(50,7)49(46)32-34-52(47,48)6)39-15-23-43(24-16-39)54-41-19-11-36(3)12-20-41/h11-26,35,38,45-51H,8-10,27-34H2,1-7H3. The van der Waals surface area contributed by atoms with Gasteiger partial charge in [0, 0.05) is 0 Å². The lowest BCUT2D eigenvalue weighted by Crippen LogP contribution is -2.55. The highest BCUT2D eigenvalue weighted by Crippen LogP contribution is 2.71. The number of hydrogen-bond acceptors (Lipinski definition) is 2.